The molecule has 0 amide bonds. The highest BCUT2D eigenvalue weighted by molar-refractivity contribution is 6.58. The fourth-order valence-electron chi connectivity index (χ4n) is 3.35. The van der Waals surface area contributed by atoms with Crippen LogP contribution in [0.4, 0.5) is 0 Å². The molecule has 0 heterocycles. The average molecular weight is 286 g/mol. The van der Waals surface area contributed by atoms with Gasteiger partial charge in [0.1, 0.15) is 0 Å². The molecule has 0 fully saturated rings. The first-order valence-corrected chi connectivity index (χ1v) is 10.8. The van der Waals surface area contributed by atoms with Gasteiger partial charge in [-0.05, 0) is 34.6 Å². The molecule has 0 nitrogen and oxygen atoms in total. The summed E-state index contributed by atoms with van der Waals surface area (Å²) in [6, 6.07) is 9.12. The highest BCUT2D eigenvalue weighted by Crippen LogP contribution is 2.41. The number of allylic oxidation sites excluding steroid dienone is 2. The van der Waals surface area contributed by atoms with Crippen LogP contribution in [0.5, 0.6) is 0 Å². The predicted octanol–water partition coefficient (Wildman–Crippen LogP) is 6.07. The van der Waals surface area contributed by atoms with Crippen molar-refractivity contribution in [3.8, 4) is 0 Å². The van der Waals surface area contributed by atoms with Crippen molar-refractivity contribution in [1.29, 1.82) is 0 Å². The number of fused-ring (bicyclic) bond motifs is 1. The van der Waals surface area contributed by atoms with E-state index < -0.39 is 0 Å². The Morgan fingerprint density at radius 1 is 1.15 bits per heavy atom. The highest BCUT2D eigenvalue weighted by atomic mass is 28.3. The topological polar surface area (TPSA) is 0 Å². The van der Waals surface area contributed by atoms with E-state index in [4.69, 9.17) is 0 Å². The van der Waals surface area contributed by atoms with E-state index in [2.05, 4.69) is 57.3 Å². The third kappa shape index (κ3) is 3.43. The van der Waals surface area contributed by atoms with Gasteiger partial charge in [0, 0.05) is 0 Å². The molecule has 1 aromatic carbocycles. The van der Waals surface area contributed by atoms with E-state index in [1.165, 1.54) is 32.1 Å². The second kappa shape index (κ2) is 7.26. The summed E-state index contributed by atoms with van der Waals surface area (Å²) in [4.78, 5) is 0. The van der Waals surface area contributed by atoms with Crippen LogP contribution in [0.3, 0.4) is 0 Å². The van der Waals surface area contributed by atoms with Crippen LogP contribution in [0.1, 0.15) is 62.6 Å². The Kier molecular flexibility index (Phi) is 5.65. The van der Waals surface area contributed by atoms with E-state index in [0.717, 1.165) is 11.5 Å². The normalized spacial score (nSPS) is 19.1. The lowest BCUT2D eigenvalue weighted by atomic mass is 9.90. The standard InChI is InChI=1S/C19H29Si/c1-5-7-10-15(6-2)13-16-14-19(20(3)4)18-12-9-8-11-17(16)18/h8-9,11-12,14-15,19H,5-7,10,13H2,1-4H3. The van der Waals surface area contributed by atoms with Crippen molar-refractivity contribution in [1.82, 2.24) is 0 Å². The number of rotatable bonds is 7. The first-order valence-electron chi connectivity index (χ1n) is 8.27. The zero-order valence-corrected chi connectivity index (χ0v) is 14.6. The van der Waals surface area contributed by atoms with Crippen LogP contribution in [-0.2, 0) is 0 Å². The van der Waals surface area contributed by atoms with E-state index in [1.54, 1.807) is 16.7 Å². The van der Waals surface area contributed by atoms with Crippen LogP contribution in [-0.4, -0.2) is 8.80 Å². The van der Waals surface area contributed by atoms with Gasteiger partial charge in [-0.25, -0.2) is 0 Å². The minimum atomic E-state index is -0.291. The van der Waals surface area contributed by atoms with Crippen molar-refractivity contribution in [2.45, 2.75) is 64.6 Å². The Labute approximate surface area is 126 Å². The fourth-order valence-corrected chi connectivity index (χ4v) is 4.76. The molecule has 0 saturated heterocycles. The van der Waals surface area contributed by atoms with Crippen molar-refractivity contribution in [2.24, 2.45) is 5.92 Å². The summed E-state index contributed by atoms with van der Waals surface area (Å²) in [6.07, 6.45) is 9.32. The molecule has 2 rings (SSSR count). The van der Waals surface area contributed by atoms with Gasteiger partial charge in [0.2, 0.25) is 0 Å². The molecule has 1 aliphatic carbocycles. The zero-order chi connectivity index (χ0) is 14.5. The van der Waals surface area contributed by atoms with E-state index in [-0.39, 0.29) is 8.80 Å². The van der Waals surface area contributed by atoms with Crippen LogP contribution < -0.4 is 0 Å². The summed E-state index contributed by atoms with van der Waals surface area (Å²) in [6.45, 7) is 9.55. The highest BCUT2D eigenvalue weighted by Gasteiger charge is 2.26. The molecule has 1 radical (unpaired) electrons. The minimum absolute atomic E-state index is 0.291. The first kappa shape index (κ1) is 15.6. The van der Waals surface area contributed by atoms with Crippen molar-refractivity contribution in [3.63, 3.8) is 0 Å². The van der Waals surface area contributed by atoms with Crippen LogP contribution in [0, 0.1) is 5.92 Å². The number of unbranched alkanes of at least 4 members (excludes halogenated alkanes) is 1. The molecule has 1 aromatic rings. The molecule has 0 aromatic heterocycles. The summed E-state index contributed by atoms with van der Waals surface area (Å²) in [5.74, 6) is 0.873. The Bertz CT molecular complexity index is 459. The minimum Gasteiger partial charge on any atom is -0.0762 e. The van der Waals surface area contributed by atoms with Gasteiger partial charge >= 0.3 is 0 Å². The number of benzene rings is 1. The van der Waals surface area contributed by atoms with Gasteiger partial charge in [0.15, 0.2) is 0 Å². The molecule has 2 atom stereocenters. The molecule has 0 bridgehead atoms. The maximum absolute atomic E-state index is 2.60. The van der Waals surface area contributed by atoms with Crippen molar-refractivity contribution < 1.29 is 0 Å². The molecule has 2 unspecified atom stereocenters. The molecule has 20 heavy (non-hydrogen) atoms. The van der Waals surface area contributed by atoms with E-state index >= 15 is 0 Å². The van der Waals surface area contributed by atoms with Gasteiger partial charge in [-0.2, -0.15) is 0 Å². The molecular weight excluding hydrogens is 256 g/mol. The van der Waals surface area contributed by atoms with Gasteiger partial charge in [0.25, 0.3) is 0 Å². The second-order valence-electron chi connectivity index (χ2n) is 6.45. The van der Waals surface area contributed by atoms with Crippen LogP contribution in [0.25, 0.3) is 5.57 Å². The molecule has 1 aliphatic rings. The Hall–Kier alpha value is -0.823. The predicted molar refractivity (Wildman–Crippen MR) is 92.6 cm³/mol. The molecule has 0 saturated carbocycles. The van der Waals surface area contributed by atoms with Crippen molar-refractivity contribution in [2.75, 3.05) is 0 Å². The first-order chi connectivity index (χ1) is 9.67. The lowest BCUT2D eigenvalue weighted by Crippen LogP contribution is -2.11. The third-order valence-corrected chi connectivity index (χ3v) is 6.41. The summed E-state index contributed by atoms with van der Waals surface area (Å²) >= 11 is 0. The Morgan fingerprint density at radius 2 is 1.90 bits per heavy atom. The summed E-state index contributed by atoms with van der Waals surface area (Å²) in [5, 5.41) is 0. The maximum Gasteiger partial charge on any atom is 0.0548 e. The smallest absolute Gasteiger partial charge is 0.0548 e. The quantitative estimate of drug-likeness (QED) is 0.534. The number of hydrogen-bond acceptors (Lipinski definition) is 0. The molecule has 0 aliphatic heterocycles. The second-order valence-corrected chi connectivity index (χ2v) is 9.23. The average Bonchev–Trinajstić information content (AvgIpc) is 2.82. The molecule has 109 valence electrons. The Morgan fingerprint density at radius 3 is 2.55 bits per heavy atom. The third-order valence-electron chi connectivity index (χ3n) is 4.68. The molecular formula is C19H29Si. The fraction of sp³-hybridized carbons (Fsp3) is 0.579. The molecule has 0 N–H and O–H groups in total. The lowest BCUT2D eigenvalue weighted by Gasteiger charge is -2.16. The van der Waals surface area contributed by atoms with Crippen LogP contribution in [0.2, 0.25) is 13.1 Å². The summed E-state index contributed by atoms with van der Waals surface area (Å²) < 4.78 is 0. The van der Waals surface area contributed by atoms with Gasteiger partial charge in [-0.3, -0.25) is 0 Å². The van der Waals surface area contributed by atoms with E-state index in [1.807, 2.05) is 0 Å². The van der Waals surface area contributed by atoms with E-state index in [0.29, 0.717) is 0 Å². The van der Waals surface area contributed by atoms with Gasteiger partial charge in [0.05, 0.1) is 8.80 Å². The van der Waals surface area contributed by atoms with Crippen LogP contribution in [0.15, 0.2) is 30.3 Å². The largest absolute Gasteiger partial charge is 0.0762 e. The van der Waals surface area contributed by atoms with Gasteiger partial charge in [-0.15, -0.1) is 0 Å². The van der Waals surface area contributed by atoms with E-state index in [9.17, 15) is 0 Å². The zero-order valence-electron chi connectivity index (χ0n) is 13.6. The summed E-state index contributed by atoms with van der Waals surface area (Å²) in [7, 11) is -0.291. The van der Waals surface area contributed by atoms with Crippen molar-refractivity contribution in [3.05, 3.63) is 41.5 Å². The van der Waals surface area contributed by atoms with Gasteiger partial charge in [-0.1, -0.05) is 83.0 Å². The maximum atomic E-state index is 2.60. The SMILES string of the molecule is CCCCC(CC)CC1=CC([Si](C)C)c2ccccc21. The summed E-state index contributed by atoms with van der Waals surface area (Å²) in [5.41, 5.74) is 5.53. The molecule has 1 heteroatoms. The van der Waals surface area contributed by atoms with Crippen LogP contribution >= 0.6 is 0 Å². The Balaban J connectivity index is 2.17. The lowest BCUT2D eigenvalue weighted by molar-refractivity contribution is 0.461. The number of hydrogen-bond donors (Lipinski definition) is 0. The van der Waals surface area contributed by atoms with Gasteiger partial charge < -0.3 is 0 Å². The molecule has 0 spiro atoms. The van der Waals surface area contributed by atoms with Crippen molar-refractivity contribution >= 4 is 14.4 Å². The monoisotopic (exact) mass is 285 g/mol.